The first kappa shape index (κ1) is 21.5. The van der Waals surface area contributed by atoms with Crippen LogP contribution in [-0.4, -0.2) is 26.4 Å². The molecule has 0 radical (unpaired) electrons. The fourth-order valence-corrected chi connectivity index (χ4v) is 3.88. The Morgan fingerprint density at radius 2 is 2.00 bits per heavy atom. The normalized spacial score (nSPS) is 13.9. The highest BCUT2D eigenvalue weighted by atomic mass is 79.9. The zero-order valence-electron chi connectivity index (χ0n) is 15.0. The molecular weight excluding hydrogens is 475 g/mol. The molecule has 0 spiro atoms. The van der Waals surface area contributed by atoms with Crippen molar-refractivity contribution in [2.45, 2.75) is 37.9 Å². The van der Waals surface area contributed by atoms with Crippen LogP contribution in [0.5, 0.6) is 0 Å². The fraction of sp³-hybridized carbons (Fsp3) is 0.412. The van der Waals surface area contributed by atoms with Gasteiger partial charge in [-0.25, -0.2) is 0 Å². The number of nitro groups is 1. The Morgan fingerprint density at radius 3 is 2.55 bits per heavy atom. The summed E-state index contributed by atoms with van der Waals surface area (Å²) < 4.78 is 40.8. The van der Waals surface area contributed by atoms with Gasteiger partial charge in [-0.3, -0.25) is 14.8 Å². The number of aryl methyl sites for hydroxylation is 1. The molecule has 0 saturated heterocycles. The molecule has 1 aliphatic carbocycles. The number of rotatable bonds is 7. The van der Waals surface area contributed by atoms with Gasteiger partial charge in [0.1, 0.15) is 0 Å². The van der Waals surface area contributed by atoms with Crippen LogP contribution in [0.4, 0.5) is 24.5 Å². The largest absolute Gasteiger partial charge is 0.436 e. The number of nitrogens with zero attached hydrogens (tertiary/aromatic N) is 3. The number of benzene rings is 1. The highest BCUT2D eigenvalue weighted by molar-refractivity contribution is 9.10. The van der Waals surface area contributed by atoms with Crippen molar-refractivity contribution in [1.82, 2.24) is 15.1 Å². The first-order valence-electron chi connectivity index (χ1n) is 8.79. The van der Waals surface area contributed by atoms with Crippen LogP contribution in [0.2, 0.25) is 0 Å². The number of hydrogen-bond acceptors (Lipinski definition) is 4. The van der Waals surface area contributed by atoms with Gasteiger partial charge in [0.15, 0.2) is 10.8 Å². The summed E-state index contributed by atoms with van der Waals surface area (Å²) in [5.41, 5.74) is 0.283. The summed E-state index contributed by atoms with van der Waals surface area (Å²) in [4.78, 5) is 10.2. The summed E-state index contributed by atoms with van der Waals surface area (Å²) >= 11 is 8.24. The molecule has 0 aliphatic heterocycles. The quantitative estimate of drug-likeness (QED) is 0.250. The molecule has 29 heavy (non-hydrogen) atoms. The number of halogens is 4. The highest BCUT2D eigenvalue weighted by Crippen LogP contribution is 2.46. The standard InChI is InChI=1S/C17H17BrF3N5O2S/c18-13-14(10-2-3-10)25(24-15(13)17(19,20)21)9-1-8-22-16(29)23-11-4-6-12(7-5-11)26(27)28/h4-7,10H,1-3,8-9H2,(H2,22,23,29). The molecule has 2 N–H and O–H groups in total. The van der Waals surface area contributed by atoms with Crippen LogP contribution in [0.3, 0.4) is 0 Å². The first-order valence-corrected chi connectivity index (χ1v) is 9.99. The molecule has 0 bridgehead atoms. The van der Waals surface area contributed by atoms with Crippen LogP contribution in [0.1, 0.15) is 36.6 Å². The van der Waals surface area contributed by atoms with E-state index in [0.29, 0.717) is 36.0 Å². The second kappa shape index (κ2) is 8.66. The molecular formula is C17H17BrF3N5O2S. The summed E-state index contributed by atoms with van der Waals surface area (Å²) in [6.45, 7) is 0.759. The maximum absolute atomic E-state index is 13.1. The molecule has 0 unspecified atom stereocenters. The van der Waals surface area contributed by atoms with Crippen LogP contribution in [0.25, 0.3) is 0 Å². The lowest BCUT2D eigenvalue weighted by atomic mass is 10.2. The van der Waals surface area contributed by atoms with E-state index in [0.717, 1.165) is 12.8 Å². The van der Waals surface area contributed by atoms with Crippen molar-refractivity contribution in [2.75, 3.05) is 11.9 Å². The van der Waals surface area contributed by atoms with Crippen molar-refractivity contribution < 1.29 is 18.1 Å². The van der Waals surface area contributed by atoms with Gasteiger partial charge >= 0.3 is 6.18 Å². The monoisotopic (exact) mass is 491 g/mol. The SMILES string of the molecule is O=[N+]([O-])c1ccc(NC(=S)NCCCn2nc(C(F)(F)F)c(Br)c2C2CC2)cc1. The smallest absolute Gasteiger partial charge is 0.362 e. The average molecular weight is 492 g/mol. The van der Waals surface area contributed by atoms with E-state index in [1.165, 1.54) is 28.9 Å². The Balaban J connectivity index is 1.51. The van der Waals surface area contributed by atoms with Crippen LogP contribution in [0, 0.1) is 10.1 Å². The van der Waals surface area contributed by atoms with Crippen LogP contribution < -0.4 is 10.6 Å². The molecule has 1 aromatic carbocycles. The maximum Gasteiger partial charge on any atom is 0.436 e. The molecule has 0 atom stereocenters. The third-order valence-electron chi connectivity index (χ3n) is 4.33. The summed E-state index contributed by atoms with van der Waals surface area (Å²) in [6, 6.07) is 5.79. The number of anilines is 1. The van der Waals surface area contributed by atoms with E-state index in [1.54, 1.807) is 0 Å². The minimum atomic E-state index is -4.50. The molecule has 12 heteroatoms. The van der Waals surface area contributed by atoms with Crippen molar-refractivity contribution in [3.05, 3.63) is 50.2 Å². The van der Waals surface area contributed by atoms with E-state index in [-0.39, 0.29) is 16.1 Å². The third-order valence-corrected chi connectivity index (χ3v) is 5.36. The molecule has 3 rings (SSSR count). The number of hydrogen-bond donors (Lipinski definition) is 2. The third kappa shape index (κ3) is 5.44. The first-order chi connectivity index (χ1) is 13.7. The van der Waals surface area contributed by atoms with Crippen molar-refractivity contribution in [1.29, 1.82) is 0 Å². The zero-order valence-corrected chi connectivity index (χ0v) is 17.4. The van der Waals surface area contributed by atoms with Crippen molar-refractivity contribution in [2.24, 2.45) is 0 Å². The predicted octanol–water partition coefficient (Wildman–Crippen LogP) is 4.83. The lowest BCUT2D eigenvalue weighted by molar-refractivity contribution is -0.384. The van der Waals surface area contributed by atoms with Crippen molar-refractivity contribution >= 4 is 44.6 Å². The fourth-order valence-electron chi connectivity index (χ4n) is 2.82. The summed E-state index contributed by atoms with van der Waals surface area (Å²) in [5, 5.41) is 20.6. The second-order valence-electron chi connectivity index (χ2n) is 6.58. The Kier molecular flexibility index (Phi) is 6.42. The molecule has 1 heterocycles. The van der Waals surface area contributed by atoms with E-state index in [4.69, 9.17) is 12.2 Å². The van der Waals surface area contributed by atoms with Gasteiger partial charge in [-0.1, -0.05) is 0 Å². The molecule has 1 fully saturated rings. The van der Waals surface area contributed by atoms with Gasteiger partial charge in [0.25, 0.3) is 5.69 Å². The van der Waals surface area contributed by atoms with Crippen molar-refractivity contribution in [3.8, 4) is 0 Å². The Bertz CT molecular complexity index is 913. The molecule has 0 amide bonds. The number of aromatic nitrogens is 2. The number of alkyl halides is 3. The van der Waals surface area contributed by atoms with Gasteiger partial charge in [0, 0.05) is 36.8 Å². The van der Waals surface area contributed by atoms with Gasteiger partial charge in [0.05, 0.1) is 15.1 Å². The van der Waals surface area contributed by atoms with Gasteiger partial charge in [-0.2, -0.15) is 18.3 Å². The molecule has 1 aromatic heterocycles. The average Bonchev–Trinajstić information content (AvgIpc) is 3.41. The molecule has 1 aliphatic rings. The summed E-state index contributed by atoms with van der Waals surface area (Å²) in [6.07, 6.45) is -2.25. The van der Waals surface area contributed by atoms with E-state index in [1.807, 2.05) is 0 Å². The van der Waals surface area contributed by atoms with E-state index in [9.17, 15) is 23.3 Å². The van der Waals surface area contributed by atoms with Gasteiger partial charge in [0.2, 0.25) is 0 Å². The summed E-state index contributed by atoms with van der Waals surface area (Å²) in [5.74, 6) is 0.116. The molecule has 1 saturated carbocycles. The summed E-state index contributed by atoms with van der Waals surface area (Å²) in [7, 11) is 0. The molecule has 2 aromatic rings. The van der Waals surface area contributed by atoms with E-state index < -0.39 is 16.8 Å². The van der Waals surface area contributed by atoms with Gasteiger partial charge in [-0.05, 0) is 59.5 Å². The zero-order chi connectivity index (χ0) is 21.2. The van der Waals surface area contributed by atoms with Crippen LogP contribution in [-0.2, 0) is 12.7 Å². The Labute approximate surface area is 177 Å². The number of nitro benzene ring substituents is 1. The second-order valence-corrected chi connectivity index (χ2v) is 7.78. The highest BCUT2D eigenvalue weighted by Gasteiger charge is 2.41. The van der Waals surface area contributed by atoms with Gasteiger partial charge in [-0.15, -0.1) is 0 Å². The van der Waals surface area contributed by atoms with Gasteiger partial charge < -0.3 is 10.6 Å². The number of nitrogens with one attached hydrogen (secondary N) is 2. The van der Waals surface area contributed by atoms with Crippen LogP contribution >= 0.6 is 28.1 Å². The number of thiocarbonyl (C=S) groups is 1. The van der Waals surface area contributed by atoms with E-state index >= 15 is 0 Å². The van der Waals surface area contributed by atoms with Crippen molar-refractivity contribution in [3.63, 3.8) is 0 Å². The Morgan fingerprint density at radius 1 is 1.34 bits per heavy atom. The topological polar surface area (TPSA) is 85.0 Å². The van der Waals surface area contributed by atoms with E-state index in [2.05, 4.69) is 31.7 Å². The minimum Gasteiger partial charge on any atom is -0.362 e. The van der Waals surface area contributed by atoms with Crippen LogP contribution in [0.15, 0.2) is 28.7 Å². The number of non-ortho nitro benzene ring substituents is 1. The minimum absolute atomic E-state index is 0.0236. The molecule has 156 valence electrons. The maximum atomic E-state index is 13.1. The lowest BCUT2D eigenvalue weighted by Crippen LogP contribution is -2.29. The Hall–Kier alpha value is -2.21. The molecule has 7 nitrogen and oxygen atoms in total. The lowest BCUT2D eigenvalue weighted by Gasteiger charge is -2.11. The predicted molar refractivity (Wildman–Crippen MR) is 109 cm³/mol.